The van der Waals surface area contributed by atoms with Gasteiger partial charge in [0.15, 0.2) is 0 Å². The number of carbonyl (C=O) groups is 3. The van der Waals surface area contributed by atoms with Gasteiger partial charge < -0.3 is 20.5 Å². The van der Waals surface area contributed by atoms with E-state index in [4.69, 9.17) is 15.6 Å². The van der Waals surface area contributed by atoms with Crippen LogP contribution in [0.4, 0.5) is 14.9 Å². The summed E-state index contributed by atoms with van der Waals surface area (Å²) < 4.78 is 19.8. The summed E-state index contributed by atoms with van der Waals surface area (Å²) in [4.78, 5) is 37.9. The van der Waals surface area contributed by atoms with Crippen LogP contribution < -0.4 is 10.6 Å². The third kappa shape index (κ3) is 2.74. The number of benzene rings is 1. The molecule has 3 aliphatic heterocycles. The van der Waals surface area contributed by atoms with E-state index in [1.807, 2.05) is 0 Å². The van der Waals surface area contributed by atoms with Crippen molar-refractivity contribution >= 4 is 29.2 Å². The first-order valence-corrected chi connectivity index (χ1v) is 8.60. The molecule has 1 saturated heterocycles. The number of nitrogens with zero attached hydrogens (tertiary/aromatic N) is 2. The lowest BCUT2D eigenvalue weighted by atomic mass is 9.95. The van der Waals surface area contributed by atoms with Crippen LogP contribution in [0.25, 0.3) is 5.57 Å². The summed E-state index contributed by atoms with van der Waals surface area (Å²) in [7, 11) is 0. The zero-order chi connectivity index (χ0) is 19.3. The minimum absolute atomic E-state index is 0.302. The van der Waals surface area contributed by atoms with Gasteiger partial charge in [0, 0.05) is 18.7 Å². The topological polar surface area (TPSA) is 113 Å². The molecule has 0 aromatic heterocycles. The largest absolute Gasteiger partial charge is 0.433 e. The summed E-state index contributed by atoms with van der Waals surface area (Å²) in [6.07, 6.45) is 0.816. The van der Waals surface area contributed by atoms with Gasteiger partial charge in [-0.05, 0) is 36.1 Å². The minimum atomic E-state index is -1.05. The fourth-order valence-corrected chi connectivity index (χ4v) is 3.94. The molecule has 142 valence electrons. The predicted molar refractivity (Wildman–Crippen MR) is 92.1 cm³/mol. The Labute approximate surface area is 154 Å². The number of ether oxygens (including phenoxy) is 1. The number of aliphatic hydroxyl groups excluding tert-OH is 1. The second kappa shape index (κ2) is 6.34. The lowest BCUT2D eigenvalue weighted by Crippen LogP contribution is -2.41. The van der Waals surface area contributed by atoms with Crippen molar-refractivity contribution in [1.29, 1.82) is 0 Å². The summed E-state index contributed by atoms with van der Waals surface area (Å²) >= 11 is 0. The monoisotopic (exact) mass is 375 g/mol. The van der Waals surface area contributed by atoms with Crippen LogP contribution in [0.3, 0.4) is 0 Å². The van der Waals surface area contributed by atoms with Gasteiger partial charge in [-0.25, -0.2) is 9.18 Å². The normalized spacial score (nSPS) is 23.6. The van der Waals surface area contributed by atoms with Crippen molar-refractivity contribution in [1.82, 2.24) is 4.90 Å². The van der Waals surface area contributed by atoms with Gasteiger partial charge in [-0.3, -0.25) is 14.5 Å². The molecular weight excluding hydrogens is 357 g/mol. The highest BCUT2D eigenvalue weighted by Gasteiger charge is 2.50. The van der Waals surface area contributed by atoms with Gasteiger partial charge in [0.05, 0.1) is 11.7 Å². The number of anilines is 1. The molecule has 3 heterocycles. The number of fused-ring (bicyclic) bond motifs is 3. The van der Waals surface area contributed by atoms with E-state index in [9.17, 15) is 18.8 Å². The first kappa shape index (κ1) is 17.5. The first-order chi connectivity index (χ1) is 12.9. The number of primary amides is 1. The second-order valence-electron chi connectivity index (χ2n) is 6.79. The average Bonchev–Trinajstić information content (AvgIpc) is 3.18. The van der Waals surface area contributed by atoms with E-state index < -0.39 is 36.6 Å². The maximum Gasteiger partial charge on any atom is 0.415 e. The highest BCUT2D eigenvalue weighted by atomic mass is 19.1. The fourth-order valence-electron chi connectivity index (χ4n) is 3.94. The highest BCUT2D eigenvalue weighted by Crippen LogP contribution is 2.41. The van der Waals surface area contributed by atoms with E-state index in [0.29, 0.717) is 37.2 Å². The Kier molecular flexibility index (Phi) is 4.11. The average molecular weight is 375 g/mol. The molecule has 8 nitrogen and oxygen atoms in total. The Morgan fingerprint density at radius 1 is 1.37 bits per heavy atom. The molecule has 1 fully saturated rings. The predicted octanol–water partition coefficient (Wildman–Crippen LogP) is 0.169. The zero-order valence-corrected chi connectivity index (χ0v) is 14.4. The van der Waals surface area contributed by atoms with E-state index in [1.165, 1.54) is 15.9 Å². The molecule has 4 rings (SSSR count). The Balaban J connectivity index is 1.63. The molecular formula is C18H18FN3O5. The first-order valence-electron chi connectivity index (χ1n) is 8.60. The molecule has 1 aromatic carbocycles. The van der Waals surface area contributed by atoms with E-state index >= 15 is 0 Å². The maximum absolute atomic E-state index is 14.8. The van der Waals surface area contributed by atoms with Gasteiger partial charge in [0.2, 0.25) is 12.0 Å². The Bertz CT molecular complexity index is 884. The molecule has 3 N–H and O–H groups in total. The van der Waals surface area contributed by atoms with Crippen LogP contribution in [0.1, 0.15) is 17.5 Å². The maximum atomic E-state index is 14.8. The smallest absolute Gasteiger partial charge is 0.415 e. The highest BCUT2D eigenvalue weighted by molar-refractivity contribution is 5.99. The van der Waals surface area contributed by atoms with Crippen LogP contribution in [0, 0.1) is 5.82 Å². The lowest BCUT2D eigenvalue weighted by molar-refractivity contribution is -0.133. The Morgan fingerprint density at radius 2 is 2.15 bits per heavy atom. The van der Waals surface area contributed by atoms with Crippen molar-refractivity contribution in [3.63, 3.8) is 0 Å². The number of cyclic esters (lactones) is 1. The number of hydrogen-bond acceptors (Lipinski definition) is 5. The molecule has 27 heavy (non-hydrogen) atoms. The minimum Gasteiger partial charge on any atom is -0.433 e. The lowest BCUT2D eigenvalue weighted by Gasteiger charge is -2.26. The van der Waals surface area contributed by atoms with Crippen molar-refractivity contribution in [3.05, 3.63) is 35.2 Å². The molecule has 0 radical (unpaired) electrons. The summed E-state index contributed by atoms with van der Waals surface area (Å²) in [5.41, 5.74) is 7.61. The van der Waals surface area contributed by atoms with Crippen LogP contribution in [-0.4, -0.2) is 59.8 Å². The van der Waals surface area contributed by atoms with Crippen molar-refractivity contribution < 1.29 is 28.6 Å². The summed E-state index contributed by atoms with van der Waals surface area (Å²) in [6.45, 7) is 0.146. The third-order valence-corrected chi connectivity index (χ3v) is 5.29. The SMILES string of the molecule is NC(=O)[C@@H]1OC(=O)N2c3cc(F)c(C4=CCN(C(=O)CO)CC4)cc3C[C@@H]12. The van der Waals surface area contributed by atoms with Crippen LogP contribution >= 0.6 is 0 Å². The molecule has 3 aliphatic rings. The molecule has 2 atom stereocenters. The number of carbonyl (C=O) groups excluding carboxylic acids is 3. The Morgan fingerprint density at radius 3 is 2.78 bits per heavy atom. The molecule has 0 spiro atoms. The third-order valence-electron chi connectivity index (χ3n) is 5.29. The van der Waals surface area contributed by atoms with Crippen molar-refractivity contribution in [2.45, 2.75) is 25.0 Å². The summed E-state index contributed by atoms with van der Waals surface area (Å²) in [6, 6.07) is 2.41. The molecule has 0 saturated carbocycles. The molecule has 0 bridgehead atoms. The van der Waals surface area contributed by atoms with Crippen LogP contribution in [0.2, 0.25) is 0 Å². The van der Waals surface area contributed by atoms with Crippen LogP contribution in [0.15, 0.2) is 18.2 Å². The van der Waals surface area contributed by atoms with Crippen LogP contribution in [0.5, 0.6) is 0 Å². The van der Waals surface area contributed by atoms with Gasteiger partial charge in [0.1, 0.15) is 12.4 Å². The number of hydrogen-bond donors (Lipinski definition) is 2. The molecule has 0 aliphatic carbocycles. The van der Waals surface area contributed by atoms with Crippen LogP contribution in [-0.2, 0) is 20.7 Å². The number of halogens is 1. The van der Waals surface area contributed by atoms with Gasteiger partial charge in [-0.1, -0.05) is 6.08 Å². The number of rotatable bonds is 3. The zero-order valence-electron chi connectivity index (χ0n) is 14.4. The van der Waals surface area contributed by atoms with Crippen molar-refractivity contribution in [2.24, 2.45) is 5.73 Å². The van der Waals surface area contributed by atoms with E-state index in [-0.39, 0.29) is 5.91 Å². The fraction of sp³-hybridized carbons (Fsp3) is 0.389. The number of nitrogens with two attached hydrogens (primary N) is 1. The molecule has 9 heteroatoms. The van der Waals surface area contributed by atoms with Crippen molar-refractivity contribution in [2.75, 3.05) is 24.6 Å². The van der Waals surface area contributed by atoms with Gasteiger partial charge in [-0.2, -0.15) is 0 Å². The van der Waals surface area contributed by atoms with E-state index in [1.54, 1.807) is 12.1 Å². The molecule has 0 unspecified atom stereocenters. The second-order valence-corrected chi connectivity index (χ2v) is 6.79. The summed E-state index contributed by atoms with van der Waals surface area (Å²) in [5.74, 6) is -1.58. The van der Waals surface area contributed by atoms with Gasteiger partial charge in [-0.15, -0.1) is 0 Å². The molecule has 1 aromatic rings. The number of amides is 3. The summed E-state index contributed by atoms with van der Waals surface area (Å²) in [5, 5.41) is 8.93. The quantitative estimate of drug-likeness (QED) is 0.782. The Hall–Kier alpha value is -2.94. The van der Waals surface area contributed by atoms with Crippen molar-refractivity contribution in [3.8, 4) is 0 Å². The van der Waals surface area contributed by atoms with Gasteiger partial charge >= 0.3 is 6.09 Å². The number of aliphatic hydroxyl groups is 1. The van der Waals surface area contributed by atoms with Gasteiger partial charge in [0.25, 0.3) is 5.91 Å². The van der Waals surface area contributed by atoms with E-state index in [0.717, 1.165) is 11.1 Å². The van der Waals surface area contributed by atoms with E-state index in [2.05, 4.69) is 0 Å². The molecule has 3 amide bonds. The standard InChI is InChI=1S/C18H18FN3O5/c19-12-7-13-10(6-14-16(17(20)25)27-18(26)22(13)14)5-11(12)9-1-3-21(4-2-9)15(24)8-23/h1,5,7,14,16,23H,2-4,6,8H2,(H2,20,25)/t14-,16+/m0/s1.